The molecule has 0 fully saturated rings. The Labute approximate surface area is 145 Å². The molecule has 1 aromatic carbocycles. The van der Waals surface area contributed by atoms with Crippen molar-refractivity contribution in [3.63, 3.8) is 0 Å². The summed E-state index contributed by atoms with van der Waals surface area (Å²) in [6.07, 6.45) is 3.07. The number of nitrogens with one attached hydrogen (secondary N) is 1. The molecule has 1 atom stereocenters. The summed E-state index contributed by atoms with van der Waals surface area (Å²) in [4.78, 5) is 22.9. The summed E-state index contributed by atoms with van der Waals surface area (Å²) in [6, 6.07) is 4.53. The first-order valence-corrected chi connectivity index (χ1v) is 9.11. The maximum Gasteiger partial charge on any atom is 0.326 e. The van der Waals surface area contributed by atoms with Crippen molar-refractivity contribution < 1.29 is 19.4 Å². The summed E-state index contributed by atoms with van der Waals surface area (Å²) < 4.78 is 5.60. The molecule has 1 rings (SSSR count). The van der Waals surface area contributed by atoms with Crippen LogP contribution in [-0.4, -0.2) is 41.6 Å². The van der Waals surface area contributed by atoms with Crippen LogP contribution in [0, 0.1) is 6.92 Å². The minimum Gasteiger partial charge on any atom is -0.493 e. The maximum atomic E-state index is 11.8. The Morgan fingerprint density at radius 3 is 2.78 bits per heavy atom. The number of benzene rings is 1. The maximum absolute atomic E-state index is 11.8. The number of halogens is 1. The van der Waals surface area contributed by atoms with Crippen LogP contribution in [0.1, 0.15) is 24.8 Å². The van der Waals surface area contributed by atoms with Gasteiger partial charge in [0.15, 0.2) is 0 Å². The van der Waals surface area contributed by atoms with E-state index in [4.69, 9.17) is 21.4 Å². The normalized spacial score (nSPS) is 11.8. The Morgan fingerprint density at radius 2 is 2.17 bits per heavy atom. The Hall–Kier alpha value is -1.40. The number of thioether (sulfide) groups is 1. The second kappa shape index (κ2) is 10.4. The molecule has 1 amide bonds. The number of hydrogen-bond donors (Lipinski definition) is 2. The van der Waals surface area contributed by atoms with E-state index in [0.717, 1.165) is 11.3 Å². The van der Waals surface area contributed by atoms with E-state index >= 15 is 0 Å². The van der Waals surface area contributed by atoms with E-state index in [1.54, 1.807) is 23.9 Å². The Bertz CT molecular complexity index is 539. The van der Waals surface area contributed by atoms with Crippen molar-refractivity contribution in [3.8, 4) is 5.75 Å². The van der Waals surface area contributed by atoms with Gasteiger partial charge in [0.1, 0.15) is 11.8 Å². The fourth-order valence-corrected chi connectivity index (χ4v) is 2.65. The number of carbonyl (C=O) groups is 2. The number of aliphatic carboxylic acids is 1. The van der Waals surface area contributed by atoms with Gasteiger partial charge in [0.25, 0.3) is 0 Å². The fourth-order valence-electron chi connectivity index (χ4n) is 1.95. The SMILES string of the molecule is CSCCC(NC(=O)CCCOc1ccc(Cl)cc1C)C(=O)O. The average Bonchev–Trinajstić information content (AvgIpc) is 2.49. The first-order valence-electron chi connectivity index (χ1n) is 7.34. The number of rotatable bonds is 10. The first kappa shape index (κ1) is 19.6. The van der Waals surface area contributed by atoms with E-state index < -0.39 is 12.0 Å². The van der Waals surface area contributed by atoms with E-state index in [2.05, 4.69) is 5.32 Å². The summed E-state index contributed by atoms with van der Waals surface area (Å²) in [6.45, 7) is 2.29. The molecule has 0 bridgehead atoms. The molecule has 23 heavy (non-hydrogen) atoms. The summed E-state index contributed by atoms with van der Waals surface area (Å²) in [5, 5.41) is 12.3. The summed E-state index contributed by atoms with van der Waals surface area (Å²) in [7, 11) is 0. The van der Waals surface area contributed by atoms with Crippen LogP contribution in [0.25, 0.3) is 0 Å². The van der Waals surface area contributed by atoms with Gasteiger partial charge < -0.3 is 15.2 Å². The van der Waals surface area contributed by atoms with Crippen molar-refractivity contribution in [1.82, 2.24) is 5.32 Å². The molecule has 0 aromatic heterocycles. The van der Waals surface area contributed by atoms with Crippen LogP contribution in [-0.2, 0) is 9.59 Å². The topological polar surface area (TPSA) is 75.6 Å². The minimum absolute atomic E-state index is 0.232. The van der Waals surface area contributed by atoms with Gasteiger partial charge in [0.05, 0.1) is 6.61 Å². The highest BCUT2D eigenvalue weighted by atomic mass is 35.5. The zero-order chi connectivity index (χ0) is 17.2. The van der Waals surface area contributed by atoms with E-state index in [-0.39, 0.29) is 12.3 Å². The molecule has 1 unspecified atom stereocenters. The van der Waals surface area contributed by atoms with Gasteiger partial charge in [0, 0.05) is 11.4 Å². The molecule has 0 spiro atoms. The first-order chi connectivity index (χ1) is 10.9. The molecule has 0 aliphatic carbocycles. The van der Waals surface area contributed by atoms with Gasteiger partial charge in [-0.05, 0) is 55.5 Å². The van der Waals surface area contributed by atoms with Crippen LogP contribution in [0.5, 0.6) is 5.75 Å². The third kappa shape index (κ3) is 7.61. The molecule has 0 heterocycles. The molecule has 0 saturated carbocycles. The van der Waals surface area contributed by atoms with Gasteiger partial charge in [-0.1, -0.05) is 11.6 Å². The van der Waals surface area contributed by atoms with Crippen LogP contribution < -0.4 is 10.1 Å². The van der Waals surface area contributed by atoms with Gasteiger partial charge in [0.2, 0.25) is 5.91 Å². The second-order valence-electron chi connectivity index (χ2n) is 5.10. The van der Waals surface area contributed by atoms with E-state index in [9.17, 15) is 9.59 Å². The molecule has 5 nitrogen and oxygen atoms in total. The largest absolute Gasteiger partial charge is 0.493 e. The van der Waals surface area contributed by atoms with Gasteiger partial charge in [-0.15, -0.1) is 0 Å². The lowest BCUT2D eigenvalue weighted by Gasteiger charge is -2.14. The number of aryl methyl sites for hydroxylation is 1. The zero-order valence-corrected chi connectivity index (χ0v) is 14.9. The number of ether oxygens (including phenoxy) is 1. The van der Waals surface area contributed by atoms with Crippen LogP contribution in [0.15, 0.2) is 18.2 Å². The van der Waals surface area contributed by atoms with Gasteiger partial charge in [-0.3, -0.25) is 4.79 Å². The lowest BCUT2D eigenvalue weighted by Crippen LogP contribution is -2.41. The molecule has 0 aliphatic heterocycles. The van der Waals surface area contributed by atoms with Crippen LogP contribution in [0.3, 0.4) is 0 Å². The standard InChI is InChI=1S/C16H22ClNO4S/c1-11-10-12(17)5-6-14(11)22-8-3-4-15(19)18-13(16(20)21)7-9-23-2/h5-6,10,13H,3-4,7-9H2,1-2H3,(H,18,19)(H,20,21). The zero-order valence-electron chi connectivity index (χ0n) is 13.3. The summed E-state index contributed by atoms with van der Waals surface area (Å²) in [5.41, 5.74) is 0.935. The Kier molecular flexibility index (Phi) is 8.87. The molecule has 128 valence electrons. The third-order valence-electron chi connectivity index (χ3n) is 3.19. The van der Waals surface area contributed by atoms with Crippen LogP contribution in [0.2, 0.25) is 5.02 Å². The van der Waals surface area contributed by atoms with E-state index in [1.165, 1.54) is 0 Å². The van der Waals surface area contributed by atoms with Gasteiger partial charge >= 0.3 is 5.97 Å². The fraction of sp³-hybridized carbons (Fsp3) is 0.500. The summed E-state index contributed by atoms with van der Waals surface area (Å²) in [5.74, 6) is 0.157. The Balaban J connectivity index is 2.31. The van der Waals surface area contributed by atoms with Crippen molar-refractivity contribution in [3.05, 3.63) is 28.8 Å². The van der Waals surface area contributed by atoms with E-state index in [1.807, 2.05) is 19.2 Å². The van der Waals surface area contributed by atoms with Crippen molar-refractivity contribution in [1.29, 1.82) is 0 Å². The van der Waals surface area contributed by atoms with E-state index in [0.29, 0.717) is 30.2 Å². The molecule has 2 N–H and O–H groups in total. The molecule has 1 aromatic rings. The number of carboxylic acids is 1. The average molecular weight is 360 g/mol. The van der Waals surface area contributed by atoms with Crippen LogP contribution >= 0.6 is 23.4 Å². The second-order valence-corrected chi connectivity index (χ2v) is 6.52. The molecular formula is C16H22ClNO4S. The number of carboxylic acid groups (broad SMARTS) is 1. The Morgan fingerprint density at radius 1 is 1.43 bits per heavy atom. The van der Waals surface area contributed by atoms with Gasteiger partial charge in [-0.25, -0.2) is 4.79 Å². The monoisotopic (exact) mass is 359 g/mol. The number of carbonyl (C=O) groups excluding carboxylic acids is 1. The van der Waals surface area contributed by atoms with Crippen LogP contribution in [0.4, 0.5) is 0 Å². The summed E-state index contributed by atoms with van der Waals surface area (Å²) >= 11 is 7.42. The highest BCUT2D eigenvalue weighted by Gasteiger charge is 2.18. The molecule has 0 radical (unpaired) electrons. The smallest absolute Gasteiger partial charge is 0.326 e. The van der Waals surface area contributed by atoms with Crippen molar-refractivity contribution in [2.45, 2.75) is 32.2 Å². The van der Waals surface area contributed by atoms with Gasteiger partial charge in [-0.2, -0.15) is 11.8 Å². The minimum atomic E-state index is -1.000. The molecule has 0 saturated heterocycles. The van der Waals surface area contributed by atoms with Crippen molar-refractivity contribution in [2.75, 3.05) is 18.6 Å². The third-order valence-corrected chi connectivity index (χ3v) is 4.07. The predicted octanol–water partition coefficient (Wildman–Crippen LogP) is 3.13. The van der Waals surface area contributed by atoms with Crippen molar-refractivity contribution in [2.24, 2.45) is 0 Å². The van der Waals surface area contributed by atoms with Crippen molar-refractivity contribution >= 4 is 35.2 Å². The lowest BCUT2D eigenvalue weighted by atomic mass is 10.2. The number of hydrogen-bond acceptors (Lipinski definition) is 4. The highest BCUT2D eigenvalue weighted by molar-refractivity contribution is 7.98. The highest BCUT2D eigenvalue weighted by Crippen LogP contribution is 2.21. The molecule has 7 heteroatoms. The number of amides is 1. The predicted molar refractivity (Wildman–Crippen MR) is 93.5 cm³/mol. The molecule has 0 aliphatic rings. The quantitative estimate of drug-likeness (QED) is 0.628. The molecular weight excluding hydrogens is 338 g/mol. The lowest BCUT2D eigenvalue weighted by molar-refractivity contribution is -0.141.